The van der Waals surface area contributed by atoms with Crippen molar-refractivity contribution < 1.29 is 27.8 Å². The summed E-state index contributed by atoms with van der Waals surface area (Å²) < 4.78 is 47.7. The minimum Gasteiger partial charge on any atom is -0.480 e. The van der Waals surface area contributed by atoms with Gasteiger partial charge >= 0.3 is 12.1 Å². The van der Waals surface area contributed by atoms with Gasteiger partial charge < -0.3 is 26.2 Å². The Kier molecular flexibility index (Phi) is 8.24. The van der Waals surface area contributed by atoms with Crippen LogP contribution in [0.4, 0.5) is 24.8 Å². The van der Waals surface area contributed by atoms with Gasteiger partial charge in [0.15, 0.2) is 0 Å². The Bertz CT molecular complexity index is 1480. The van der Waals surface area contributed by atoms with Crippen molar-refractivity contribution in [3.05, 3.63) is 90.0 Å². The van der Waals surface area contributed by atoms with Crippen molar-refractivity contribution >= 4 is 17.6 Å². The lowest BCUT2D eigenvalue weighted by atomic mass is 10.0. The number of carbonyl (C=O) groups is 1. The number of alkyl halides is 3. The second-order valence-electron chi connectivity index (χ2n) is 9.40. The highest BCUT2D eigenvalue weighted by Crippen LogP contribution is 2.38. The van der Waals surface area contributed by atoms with Crippen molar-refractivity contribution in [1.29, 1.82) is 0 Å². The van der Waals surface area contributed by atoms with Crippen LogP contribution in [0, 0.1) is 0 Å². The molecule has 0 radical (unpaired) electrons. The fraction of sp³-hybridized carbons (Fsp3) is 0.207. The molecule has 1 heterocycles. The Labute approximate surface area is 229 Å². The van der Waals surface area contributed by atoms with Gasteiger partial charge in [0.25, 0.3) is 0 Å². The van der Waals surface area contributed by atoms with E-state index in [1.165, 1.54) is 18.2 Å². The zero-order valence-corrected chi connectivity index (χ0v) is 21.8. The first kappa shape index (κ1) is 28.4. The van der Waals surface area contributed by atoms with Gasteiger partial charge in [-0.1, -0.05) is 60.7 Å². The van der Waals surface area contributed by atoms with Crippen molar-refractivity contribution in [1.82, 2.24) is 9.97 Å². The molecule has 0 aliphatic heterocycles. The highest BCUT2D eigenvalue weighted by Gasteiger charge is 2.43. The number of nitrogen functional groups attached to an aromatic ring is 1. The monoisotopic (exact) mass is 551 g/mol. The van der Waals surface area contributed by atoms with E-state index in [1.807, 2.05) is 43.3 Å². The van der Waals surface area contributed by atoms with Crippen molar-refractivity contribution in [2.75, 3.05) is 24.7 Å². The number of halogens is 3. The van der Waals surface area contributed by atoms with E-state index in [2.05, 4.69) is 9.97 Å². The number of hydrogen-bond acceptors (Lipinski definition) is 7. The lowest BCUT2D eigenvalue weighted by molar-refractivity contribution is -0.198. The Balaban J connectivity index is 1.58. The molecule has 8 nitrogen and oxygen atoms in total. The molecule has 0 saturated carbocycles. The van der Waals surface area contributed by atoms with E-state index < -0.39 is 24.3 Å². The zero-order chi connectivity index (χ0) is 29.0. The summed E-state index contributed by atoms with van der Waals surface area (Å²) in [6.45, 7) is 0. The van der Waals surface area contributed by atoms with Crippen LogP contribution in [-0.2, 0) is 11.2 Å². The molecule has 0 bridgehead atoms. The third kappa shape index (κ3) is 6.86. The van der Waals surface area contributed by atoms with E-state index >= 15 is 0 Å². The molecule has 0 saturated heterocycles. The standard InChI is InChI=1S/C29H28F3N5O3/c1-37(2)22-5-3-4-21(15-22)18-10-12-20(13-11-18)26(29(30,31)32)40-25-16-24(35-28(34)36-25)19-8-6-17(7-9-19)14-23(33)27(38)39/h3-13,15-16,23,26H,14,33H2,1-2H3,(H,38,39)(H2,34,35,36)/t23-,26+/m0/s1. The van der Waals surface area contributed by atoms with Crippen LogP contribution in [0.3, 0.4) is 0 Å². The van der Waals surface area contributed by atoms with E-state index in [0.717, 1.165) is 16.8 Å². The molecular formula is C29H28F3N5O3. The molecule has 0 unspecified atom stereocenters. The predicted molar refractivity (Wildman–Crippen MR) is 147 cm³/mol. The topological polar surface area (TPSA) is 128 Å². The number of nitrogens with two attached hydrogens (primary N) is 2. The summed E-state index contributed by atoms with van der Waals surface area (Å²) in [6.07, 6.45) is -6.92. The molecule has 4 aromatic rings. The maximum Gasteiger partial charge on any atom is 0.429 e. The third-order valence-electron chi connectivity index (χ3n) is 6.19. The average molecular weight is 552 g/mol. The number of benzene rings is 3. The summed E-state index contributed by atoms with van der Waals surface area (Å²) in [5.74, 6) is -1.73. The lowest BCUT2D eigenvalue weighted by Gasteiger charge is -2.22. The van der Waals surface area contributed by atoms with Gasteiger partial charge in [-0.25, -0.2) is 4.98 Å². The number of carboxylic acid groups (broad SMARTS) is 1. The molecule has 5 N–H and O–H groups in total. The minimum absolute atomic E-state index is 0.0992. The summed E-state index contributed by atoms with van der Waals surface area (Å²) in [7, 11) is 3.82. The van der Waals surface area contributed by atoms with E-state index in [1.54, 1.807) is 36.4 Å². The van der Waals surface area contributed by atoms with Crippen molar-refractivity contribution in [2.24, 2.45) is 5.73 Å². The lowest BCUT2D eigenvalue weighted by Crippen LogP contribution is -2.32. The van der Waals surface area contributed by atoms with Crippen LogP contribution in [0.25, 0.3) is 22.4 Å². The second kappa shape index (κ2) is 11.6. The third-order valence-corrected chi connectivity index (χ3v) is 6.19. The normalized spacial score (nSPS) is 12.9. The Hall–Kier alpha value is -4.64. The number of anilines is 2. The molecule has 40 heavy (non-hydrogen) atoms. The number of aromatic nitrogens is 2. The molecule has 0 spiro atoms. The first-order valence-electron chi connectivity index (χ1n) is 12.2. The van der Waals surface area contributed by atoms with Gasteiger partial charge in [0.2, 0.25) is 17.9 Å². The molecule has 2 atom stereocenters. The van der Waals surface area contributed by atoms with Gasteiger partial charge in [-0.2, -0.15) is 18.2 Å². The van der Waals surface area contributed by atoms with E-state index in [9.17, 15) is 18.0 Å². The number of carboxylic acids is 1. The molecule has 3 aromatic carbocycles. The van der Waals surface area contributed by atoms with Crippen LogP contribution in [0.2, 0.25) is 0 Å². The first-order chi connectivity index (χ1) is 18.9. The highest BCUT2D eigenvalue weighted by atomic mass is 19.4. The van der Waals surface area contributed by atoms with Crippen LogP contribution < -0.4 is 21.1 Å². The smallest absolute Gasteiger partial charge is 0.429 e. The van der Waals surface area contributed by atoms with E-state index in [0.29, 0.717) is 11.1 Å². The van der Waals surface area contributed by atoms with Gasteiger partial charge in [-0.05, 0) is 35.2 Å². The van der Waals surface area contributed by atoms with Crippen LogP contribution in [-0.4, -0.2) is 47.4 Å². The number of ether oxygens (including phenoxy) is 1. The molecule has 0 aliphatic carbocycles. The molecule has 0 fully saturated rings. The van der Waals surface area contributed by atoms with Crippen LogP contribution >= 0.6 is 0 Å². The maximum absolute atomic E-state index is 14.1. The SMILES string of the molecule is CN(C)c1cccc(-c2ccc([C@@H](Oc3cc(-c4ccc(C[C@H](N)C(=O)O)cc4)nc(N)n3)C(F)(F)F)cc2)c1. The highest BCUT2D eigenvalue weighted by molar-refractivity contribution is 5.73. The second-order valence-corrected chi connectivity index (χ2v) is 9.40. The molecule has 4 rings (SSSR count). The van der Waals surface area contributed by atoms with E-state index in [-0.39, 0.29) is 29.5 Å². The number of hydrogen-bond donors (Lipinski definition) is 3. The van der Waals surface area contributed by atoms with Gasteiger partial charge in [-0.15, -0.1) is 0 Å². The molecule has 0 aliphatic rings. The van der Waals surface area contributed by atoms with Crippen LogP contribution in [0.1, 0.15) is 17.2 Å². The molecule has 208 valence electrons. The van der Waals surface area contributed by atoms with Gasteiger partial charge in [0.05, 0.1) is 5.69 Å². The summed E-state index contributed by atoms with van der Waals surface area (Å²) in [6, 6.07) is 20.5. The summed E-state index contributed by atoms with van der Waals surface area (Å²) in [5, 5.41) is 8.99. The largest absolute Gasteiger partial charge is 0.480 e. The fourth-order valence-corrected chi connectivity index (χ4v) is 4.06. The van der Waals surface area contributed by atoms with Crippen molar-refractivity contribution in [3.63, 3.8) is 0 Å². The van der Waals surface area contributed by atoms with Crippen LogP contribution in [0.15, 0.2) is 78.9 Å². The number of nitrogens with zero attached hydrogens (tertiary/aromatic N) is 3. The zero-order valence-electron chi connectivity index (χ0n) is 21.8. The van der Waals surface area contributed by atoms with Gasteiger partial charge in [0.1, 0.15) is 6.04 Å². The minimum atomic E-state index is -4.74. The van der Waals surface area contributed by atoms with Crippen molar-refractivity contribution in [2.45, 2.75) is 24.7 Å². The molecule has 0 amide bonds. The summed E-state index contributed by atoms with van der Waals surface area (Å²) in [4.78, 5) is 20.9. The summed E-state index contributed by atoms with van der Waals surface area (Å²) in [5.41, 5.74) is 15.3. The fourth-order valence-electron chi connectivity index (χ4n) is 4.06. The number of rotatable bonds is 9. The molecule has 11 heteroatoms. The summed E-state index contributed by atoms with van der Waals surface area (Å²) >= 11 is 0. The van der Waals surface area contributed by atoms with Crippen molar-refractivity contribution in [3.8, 4) is 28.3 Å². The Morgan fingerprint density at radius 3 is 2.20 bits per heavy atom. The van der Waals surface area contributed by atoms with Gasteiger partial charge in [-0.3, -0.25) is 4.79 Å². The maximum atomic E-state index is 14.1. The predicted octanol–water partition coefficient (Wildman–Crippen LogP) is 5.10. The Morgan fingerprint density at radius 1 is 0.950 bits per heavy atom. The van der Waals surface area contributed by atoms with Crippen LogP contribution in [0.5, 0.6) is 5.88 Å². The molecule has 1 aromatic heterocycles. The van der Waals surface area contributed by atoms with E-state index in [4.69, 9.17) is 21.3 Å². The number of aliphatic carboxylic acids is 1. The quantitative estimate of drug-likeness (QED) is 0.262. The first-order valence-corrected chi connectivity index (χ1v) is 12.2. The average Bonchev–Trinajstić information content (AvgIpc) is 2.91. The molecular weight excluding hydrogens is 523 g/mol. The van der Waals surface area contributed by atoms with Gasteiger partial charge in [0, 0.05) is 37.0 Å². The Morgan fingerprint density at radius 2 is 1.60 bits per heavy atom.